The zero-order valence-electron chi connectivity index (χ0n) is 27.9. The average Bonchev–Trinajstić information content (AvgIpc) is 3.34. The average molecular weight is 627 g/mol. The maximum Gasteiger partial charge on any atom is 0.156 e. The summed E-state index contributed by atoms with van der Waals surface area (Å²) in [7, 11) is 6.98. The highest BCUT2D eigenvalue weighted by Crippen LogP contribution is 2.43. The maximum atomic E-state index is 14.1. The van der Waals surface area contributed by atoms with E-state index in [0.717, 1.165) is 58.5 Å². The van der Waals surface area contributed by atoms with Crippen molar-refractivity contribution in [1.82, 2.24) is 9.88 Å². The van der Waals surface area contributed by atoms with E-state index in [-0.39, 0.29) is 23.6 Å². The van der Waals surface area contributed by atoms with E-state index in [4.69, 9.17) is 4.74 Å². The van der Waals surface area contributed by atoms with Crippen molar-refractivity contribution in [2.75, 3.05) is 27.9 Å². The number of aromatic nitrogens is 1. The Morgan fingerprint density at radius 1 is 1.07 bits per heavy atom. The van der Waals surface area contributed by atoms with Crippen LogP contribution in [0.5, 0.6) is 0 Å². The first-order valence-corrected chi connectivity index (χ1v) is 15.7. The predicted octanol–water partition coefficient (Wildman–Crippen LogP) is 8.20. The molecule has 7 heteroatoms. The molecule has 2 atom stereocenters. The van der Waals surface area contributed by atoms with Crippen LogP contribution < -0.4 is 5.32 Å². The molecule has 244 valence electrons. The van der Waals surface area contributed by atoms with Gasteiger partial charge in [-0.25, -0.2) is 4.39 Å². The Morgan fingerprint density at radius 2 is 1.74 bits per heavy atom. The molecule has 6 nitrogen and oxygen atoms in total. The number of halogens is 1. The van der Waals surface area contributed by atoms with Crippen molar-refractivity contribution in [3.05, 3.63) is 108 Å². The molecule has 1 heterocycles. The second-order valence-corrected chi connectivity index (χ2v) is 11.4. The van der Waals surface area contributed by atoms with Crippen molar-refractivity contribution in [3.8, 4) is 22.3 Å². The maximum absolute atomic E-state index is 14.1. The second kappa shape index (κ2) is 18.6. The Bertz CT molecular complexity index is 1550. The van der Waals surface area contributed by atoms with E-state index in [1.807, 2.05) is 44.3 Å². The van der Waals surface area contributed by atoms with Gasteiger partial charge in [0.2, 0.25) is 0 Å². The zero-order valence-corrected chi connectivity index (χ0v) is 27.9. The molecule has 46 heavy (non-hydrogen) atoms. The van der Waals surface area contributed by atoms with Gasteiger partial charge in [-0.05, 0) is 53.3 Å². The Morgan fingerprint density at radius 3 is 2.37 bits per heavy atom. The van der Waals surface area contributed by atoms with Crippen molar-refractivity contribution in [2.24, 2.45) is 13.0 Å². The highest BCUT2D eigenvalue weighted by atomic mass is 19.1. The molecule has 1 aliphatic carbocycles. The highest BCUT2D eigenvalue weighted by molar-refractivity contribution is 5.99. The van der Waals surface area contributed by atoms with Gasteiger partial charge < -0.3 is 24.2 Å². The SMILES string of the molecule is CC/C=C(/NCC1=CC=CC(OC)C1)c1c(-c2ccccc2)c(-c2ccc(F)cc2)c(/C=C/C(=O)CC(C)CC=O)n1C.COC. The first-order chi connectivity index (χ1) is 22.3. The van der Waals surface area contributed by atoms with Crippen LogP contribution >= 0.6 is 0 Å². The normalized spacial score (nSPS) is 15.2. The van der Waals surface area contributed by atoms with Gasteiger partial charge in [-0.1, -0.05) is 80.6 Å². The van der Waals surface area contributed by atoms with E-state index < -0.39 is 0 Å². The minimum absolute atomic E-state index is 0.0278. The molecule has 0 fully saturated rings. The summed E-state index contributed by atoms with van der Waals surface area (Å²) in [6, 6.07) is 16.7. The molecule has 4 rings (SSSR count). The number of aldehydes is 1. The number of methoxy groups -OCH3 is 2. The number of ether oxygens (including phenoxy) is 2. The Hall–Kier alpha value is -4.33. The van der Waals surface area contributed by atoms with Crippen LogP contribution in [0.3, 0.4) is 0 Å². The summed E-state index contributed by atoms with van der Waals surface area (Å²) >= 11 is 0. The number of allylic oxidation sites excluding steroid dienone is 4. The molecule has 1 N–H and O–H groups in total. The quantitative estimate of drug-likeness (QED) is 0.144. The number of benzene rings is 2. The topological polar surface area (TPSA) is 69.6 Å². The molecule has 3 aromatic rings. The van der Waals surface area contributed by atoms with Crippen LogP contribution in [0.1, 0.15) is 50.9 Å². The lowest BCUT2D eigenvalue weighted by Crippen LogP contribution is -2.21. The van der Waals surface area contributed by atoms with Gasteiger partial charge in [0.25, 0.3) is 0 Å². The summed E-state index contributed by atoms with van der Waals surface area (Å²) in [5.41, 5.74) is 7.79. The lowest BCUT2D eigenvalue weighted by atomic mass is 9.93. The molecule has 2 aromatic carbocycles. The number of hydrogen-bond donors (Lipinski definition) is 1. The predicted molar refractivity (Wildman–Crippen MR) is 187 cm³/mol. The van der Waals surface area contributed by atoms with Gasteiger partial charge in [-0.15, -0.1) is 0 Å². The van der Waals surface area contributed by atoms with Crippen LogP contribution in [0.25, 0.3) is 34.0 Å². The molecule has 0 radical (unpaired) electrons. The number of carbonyl (C=O) groups excluding carboxylic acids is 2. The van der Waals surface area contributed by atoms with Crippen molar-refractivity contribution < 1.29 is 23.5 Å². The minimum Gasteiger partial charge on any atom is -0.388 e. The molecule has 0 aliphatic heterocycles. The van der Waals surface area contributed by atoms with E-state index in [9.17, 15) is 14.0 Å². The second-order valence-electron chi connectivity index (χ2n) is 11.4. The number of ketones is 1. The van der Waals surface area contributed by atoms with Gasteiger partial charge >= 0.3 is 0 Å². The van der Waals surface area contributed by atoms with Crippen LogP contribution in [0.2, 0.25) is 0 Å². The molecule has 0 spiro atoms. The Labute approximate surface area is 273 Å². The fourth-order valence-electron chi connectivity index (χ4n) is 5.51. The van der Waals surface area contributed by atoms with Gasteiger partial charge in [0.1, 0.15) is 12.1 Å². The number of nitrogens with one attached hydrogen (secondary N) is 1. The van der Waals surface area contributed by atoms with E-state index >= 15 is 0 Å². The lowest BCUT2D eigenvalue weighted by molar-refractivity contribution is -0.115. The molecule has 1 aliphatic rings. The number of rotatable bonds is 14. The molecule has 1 aromatic heterocycles. The van der Waals surface area contributed by atoms with Gasteiger partial charge in [-0.2, -0.15) is 0 Å². The molecule has 0 saturated heterocycles. The molecule has 2 unspecified atom stereocenters. The molecule has 0 bridgehead atoms. The highest BCUT2D eigenvalue weighted by Gasteiger charge is 2.25. The van der Waals surface area contributed by atoms with Crippen LogP contribution in [-0.2, 0) is 26.1 Å². The van der Waals surface area contributed by atoms with Gasteiger partial charge in [-0.3, -0.25) is 4.79 Å². The summed E-state index contributed by atoms with van der Waals surface area (Å²) in [6.07, 6.45) is 15.0. The van der Waals surface area contributed by atoms with Crippen molar-refractivity contribution in [1.29, 1.82) is 0 Å². The van der Waals surface area contributed by atoms with Crippen LogP contribution in [0.4, 0.5) is 4.39 Å². The molecular formula is C39H47FN2O4. The van der Waals surface area contributed by atoms with Crippen LogP contribution in [0.15, 0.2) is 90.6 Å². The van der Waals surface area contributed by atoms with Crippen molar-refractivity contribution in [3.63, 3.8) is 0 Å². The number of carbonyl (C=O) groups is 2. The lowest BCUT2D eigenvalue weighted by Gasteiger charge is -2.20. The third-order valence-electron chi connectivity index (χ3n) is 7.70. The van der Waals surface area contributed by atoms with Crippen molar-refractivity contribution >= 4 is 23.8 Å². The monoisotopic (exact) mass is 626 g/mol. The number of nitrogens with zero attached hydrogens (tertiary/aromatic N) is 1. The molecule has 0 amide bonds. The fourth-order valence-corrected chi connectivity index (χ4v) is 5.51. The number of hydrogen-bond acceptors (Lipinski definition) is 5. The summed E-state index contributed by atoms with van der Waals surface area (Å²) in [5, 5.41) is 3.71. The first-order valence-electron chi connectivity index (χ1n) is 15.7. The summed E-state index contributed by atoms with van der Waals surface area (Å²) in [4.78, 5) is 23.9. The largest absolute Gasteiger partial charge is 0.388 e. The van der Waals surface area contributed by atoms with E-state index in [0.29, 0.717) is 19.4 Å². The van der Waals surface area contributed by atoms with E-state index in [1.54, 1.807) is 39.5 Å². The van der Waals surface area contributed by atoms with E-state index in [2.05, 4.69) is 51.9 Å². The summed E-state index contributed by atoms with van der Waals surface area (Å²) in [6.45, 7) is 4.66. The minimum atomic E-state index is -0.310. The third-order valence-corrected chi connectivity index (χ3v) is 7.70. The summed E-state index contributed by atoms with van der Waals surface area (Å²) < 4.78 is 26.0. The van der Waals surface area contributed by atoms with Gasteiger partial charge in [0.05, 0.1) is 17.5 Å². The smallest absolute Gasteiger partial charge is 0.156 e. The van der Waals surface area contributed by atoms with E-state index in [1.165, 1.54) is 17.7 Å². The van der Waals surface area contributed by atoms with Crippen LogP contribution in [0, 0.1) is 11.7 Å². The van der Waals surface area contributed by atoms with Crippen molar-refractivity contribution in [2.45, 2.75) is 45.6 Å². The molecule has 0 saturated carbocycles. The summed E-state index contributed by atoms with van der Waals surface area (Å²) in [5.74, 6) is -0.383. The Balaban J connectivity index is 0.00000185. The van der Waals surface area contributed by atoms with Gasteiger partial charge in [0.15, 0.2) is 5.78 Å². The zero-order chi connectivity index (χ0) is 33.5. The Kier molecular flexibility index (Phi) is 14.6. The van der Waals surface area contributed by atoms with Gasteiger partial charge in [0, 0.05) is 71.0 Å². The molecular weight excluding hydrogens is 579 g/mol. The third kappa shape index (κ3) is 9.83. The van der Waals surface area contributed by atoms with Crippen LogP contribution in [-0.4, -0.2) is 50.6 Å². The fraction of sp³-hybridized carbons (Fsp3) is 0.333. The standard InChI is InChI=1S/C37H41FN2O3.C2H6O/c1-5-10-33(39-25-27-11-9-14-32(24-27)43-4)37-36(28-12-7-6-8-13-28)35(29-15-17-30(38)18-16-29)34(40(37)3)20-19-31(42)23-26(2)21-22-41;1-3-2/h6-20,22,26,32,39H,5,21,23-25H2,1-4H3;1-2H3/b20-19+,33-10+;. The first kappa shape index (κ1) is 36.1.